The standard InChI is InChI=1S/C18H17N5O2/c1-12-10-20-22-16-9-14(7-8-15(16)23(24)21-18(12)22)19-11-13-5-3-4-6-17(13)25-2/h3-10,19H,11H2,1-2H3. The predicted octanol–water partition coefficient (Wildman–Crippen LogP) is 2.45. The predicted molar refractivity (Wildman–Crippen MR) is 94.5 cm³/mol. The Balaban J connectivity index is 1.72. The molecular weight excluding hydrogens is 318 g/mol. The Hall–Kier alpha value is -3.35. The molecule has 0 aliphatic carbocycles. The Kier molecular flexibility index (Phi) is 3.61. The summed E-state index contributed by atoms with van der Waals surface area (Å²) in [4.78, 5) is 0.642. The van der Waals surface area contributed by atoms with Crippen LogP contribution in [0, 0.1) is 12.1 Å². The van der Waals surface area contributed by atoms with E-state index < -0.39 is 0 Å². The van der Waals surface area contributed by atoms with Crippen molar-refractivity contribution < 1.29 is 9.58 Å². The lowest BCUT2D eigenvalue weighted by molar-refractivity contribution is -0.640. The minimum atomic E-state index is 0.471. The topological polar surface area (TPSA) is 78.4 Å². The number of nitrogens with one attached hydrogen (secondary N) is 1. The lowest BCUT2D eigenvalue weighted by Crippen LogP contribution is -2.33. The van der Waals surface area contributed by atoms with Crippen molar-refractivity contribution in [3.63, 3.8) is 0 Å². The fourth-order valence-electron chi connectivity index (χ4n) is 2.87. The number of para-hydroxylation sites is 1. The van der Waals surface area contributed by atoms with Crippen molar-refractivity contribution in [2.75, 3.05) is 12.4 Å². The molecule has 0 aliphatic rings. The van der Waals surface area contributed by atoms with Gasteiger partial charge >= 0.3 is 0 Å². The Bertz CT molecular complexity index is 1070. The van der Waals surface area contributed by atoms with E-state index in [-0.39, 0.29) is 0 Å². The van der Waals surface area contributed by atoms with Gasteiger partial charge in [-0.2, -0.15) is 5.10 Å². The molecule has 0 atom stereocenters. The van der Waals surface area contributed by atoms with Crippen molar-refractivity contribution >= 4 is 22.4 Å². The monoisotopic (exact) mass is 335 g/mol. The highest BCUT2D eigenvalue weighted by atomic mass is 16.5. The van der Waals surface area contributed by atoms with Crippen molar-refractivity contribution in [2.24, 2.45) is 0 Å². The molecule has 4 aromatic rings. The molecule has 25 heavy (non-hydrogen) atoms. The summed E-state index contributed by atoms with van der Waals surface area (Å²) < 4.78 is 7.06. The second-order valence-corrected chi connectivity index (χ2v) is 5.80. The van der Waals surface area contributed by atoms with Gasteiger partial charge in [0.1, 0.15) is 11.3 Å². The molecule has 0 radical (unpaired) electrons. The maximum Gasteiger partial charge on any atom is 0.270 e. The first kappa shape index (κ1) is 15.2. The highest BCUT2D eigenvalue weighted by Gasteiger charge is 2.15. The number of rotatable bonds is 4. The lowest BCUT2D eigenvalue weighted by Gasteiger charge is -2.11. The summed E-state index contributed by atoms with van der Waals surface area (Å²) in [7, 11) is 1.66. The molecule has 0 aliphatic heterocycles. The molecule has 0 spiro atoms. The van der Waals surface area contributed by atoms with Crippen molar-refractivity contribution in [2.45, 2.75) is 13.5 Å². The molecule has 0 fully saturated rings. The van der Waals surface area contributed by atoms with E-state index >= 15 is 0 Å². The number of fused-ring (bicyclic) bond motifs is 3. The van der Waals surface area contributed by atoms with Crippen LogP contribution >= 0.6 is 0 Å². The molecule has 0 unspecified atom stereocenters. The van der Waals surface area contributed by atoms with Crippen LogP contribution in [0.3, 0.4) is 0 Å². The van der Waals surface area contributed by atoms with Crippen LogP contribution in [-0.4, -0.2) is 21.8 Å². The Morgan fingerprint density at radius 1 is 1.24 bits per heavy atom. The molecular formula is C18H17N5O2. The van der Waals surface area contributed by atoms with E-state index in [0.717, 1.165) is 22.6 Å². The number of anilines is 1. The average molecular weight is 335 g/mol. The fraction of sp³-hybridized carbons (Fsp3) is 0.167. The van der Waals surface area contributed by atoms with Crippen LogP contribution in [0.15, 0.2) is 48.7 Å². The molecule has 2 aromatic heterocycles. The normalized spacial score (nSPS) is 11.1. The van der Waals surface area contributed by atoms with Gasteiger partial charge in [-0.1, -0.05) is 18.2 Å². The number of hydrogen-bond acceptors (Lipinski definition) is 5. The van der Waals surface area contributed by atoms with Crippen LogP contribution in [0.4, 0.5) is 5.69 Å². The molecule has 0 amide bonds. The number of nitrogens with zero attached hydrogens (tertiary/aromatic N) is 4. The third-order valence-electron chi connectivity index (χ3n) is 4.19. The van der Waals surface area contributed by atoms with Crippen molar-refractivity contribution in [3.8, 4) is 5.75 Å². The van der Waals surface area contributed by atoms with Crippen molar-refractivity contribution in [1.82, 2.24) is 14.7 Å². The highest BCUT2D eigenvalue weighted by Crippen LogP contribution is 2.21. The minimum Gasteiger partial charge on any atom is -0.594 e. The van der Waals surface area contributed by atoms with E-state index in [1.54, 1.807) is 23.9 Å². The number of methoxy groups -OCH3 is 1. The molecule has 0 saturated carbocycles. The van der Waals surface area contributed by atoms with Crippen LogP contribution in [0.25, 0.3) is 16.7 Å². The van der Waals surface area contributed by atoms with Crippen LogP contribution in [0.1, 0.15) is 11.1 Å². The second-order valence-electron chi connectivity index (χ2n) is 5.80. The molecule has 0 bridgehead atoms. The van der Waals surface area contributed by atoms with Gasteiger partial charge in [0.25, 0.3) is 5.52 Å². The summed E-state index contributed by atoms with van der Waals surface area (Å²) in [5, 5.41) is 23.9. The first-order valence-corrected chi connectivity index (χ1v) is 7.91. The molecule has 7 nitrogen and oxygen atoms in total. The van der Waals surface area contributed by atoms with Gasteiger partial charge in [-0.05, 0) is 30.0 Å². The summed E-state index contributed by atoms with van der Waals surface area (Å²) in [6, 6.07) is 13.4. The summed E-state index contributed by atoms with van der Waals surface area (Å²) in [6.45, 7) is 2.49. The molecule has 126 valence electrons. The van der Waals surface area contributed by atoms with Gasteiger partial charge in [-0.25, -0.2) is 4.52 Å². The Morgan fingerprint density at radius 3 is 2.92 bits per heavy atom. The van der Waals surface area contributed by atoms with E-state index in [9.17, 15) is 5.21 Å². The third-order valence-corrected chi connectivity index (χ3v) is 4.19. The first-order valence-electron chi connectivity index (χ1n) is 7.91. The van der Waals surface area contributed by atoms with Gasteiger partial charge < -0.3 is 15.3 Å². The van der Waals surface area contributed by atoms with E-state index in [4.69, 9.17) is 4.74 Å². The zero-order chi connectivity index (χ0) is 17.4. The van der Waals surface area contributed by atoms with Gasteiger partial charge in [0.2, 0.25) is 5.65 Å². The van der Waals surface area contributed by atoms with Gasteiger partial charge in [0.05, 0.1) is 13.3 Å². The number of aryl methyl sites for hydroxylation is 1. The average Bonchev–Trinajstić information content (AvgIpc) is 3.01. The number of benzene rings is 2. The smallest absolute Gasteiger partial charge is 0.270 e. The van der Waals surface area contributed by atoms with Gasteiger partial charge in [-0.3, -0.25) is 0 Å². The van der Waals surface area contributed by atoms with Crippen molar-refractivity contribution in [3.05, 3.63) is 65.0 Å². The molecule has 4 rings (SSSR count). The van der Waals surface area contributed by atoms with E-state index in [0.29, 0.717) is 28.1 Å². The SMILES string of the molecule is COc1ccccc1CNc1ccc2c(c1)n1ncc(C)c1n[n+]2[O-]. The van der Waals surface area contributed by atoms with E-state index in [1.165, 1.54) is 0 Å². The molecule has 1 N–H and O–H groups in total. The molecule has 2 aromatic carbocycles. The Morgan fingerprint density at radius 2 is 2.08 bits per heavy atom. The number of hydrogen-bond donors (Lipinski definition) is 1. The summed E-state index contributed by atoms with van der Waals surface area (Å²) in [5.74, 6) is 0.836. The summed E-state index contributed by atoms with van der Waals surface area (Å²) in [5.41, 5.74) is 4.54. The van der Waals surface area contributed by atoms with Crippen LogP contribution in [0.5, 0.6) is 5.75 Å². The largest absolute Gasteiger partial charge is 0.594 e. The van der Waals surface area contributed by atoms with Crippen molar-refractivity contribution in [1.29, 1.82) is 0 Å². The maximum absolute atomic E-state index is 12.1. The van der Waals surface area contributed by atoms with Crippen LogP contribution < -0.4 is 14.9 Å². The quantitative estimate of drug-likeness (QED) is 0.458. The first-order chi connectivity index (χ1) is 12.2. The fourth-order valence-corrected chi connectivity index (χ4v) is 2.87. The number of ether oxygens (including phenoxy) is 1. The zero-order valence-electron chi connectivity index (χ0n) is 13.9. The van der Waals surface area contributed by atoms with Crippen LogP contribution in [0.2, 0.25) is 0 Å². The van der Waals surface area contributed by atoms with Gasteiger partial charge in [-0.15, -0.1) is 0 Å². The van der Waals surface area contributed by atoms with Crippen LogP contribution in [-0.2, 0) is 6.54 Å². The lowest BCUT2D eigenvalue weighted by atomic mass is 10.2. The maximum atomic E-state index is 12.1. The molecule has 0 saturated heterocycles. The highest BCUT2D eigenvalue weighted by molar-refractivity contribution is 5.78. The zero-order valence-corrected chi connectivity index (χ0v) is 13.9. The van der Waals surface area contributed by atoms with E-state index in [1.807, 2.05) is 43.3 Å². The van der Waals surface area contributed by atoms with Gasteiger partial charge in [0.15, 0.2) is 0 Å². The molecule has 7 heteroatoms. The number of aromatic nitrogens is 4. The van der Waals surface area contributed by atoms with Gasteiger partial charge in [0, 0.05) is 34.5 Å². The summed E-state index contributed by atoms with van der Waals surface area (Å²) >= 11 is 0. The summed E-state index contributed by atoms with van der Waals surface area (Å²) in [6.07, 6.45) is 1.71. The van der Waals surface area contributed by atoms with E-state index in [2.05, 4.69) is 15.5 Å². The second kappa shape index (κ2) is 5.94. The molecule has 2 heterocycles. The minimum absolute atomic E-state index is 0.471. The Labute approximate surface area is 144 Å². The third kappa shape index (κ3) is 2.59.